The Balaban J connectivity index is 1.90. The van der Waals surface area contributed by atoms with E-state index in [2.05, 4.69) is 67.5 Å². The van der Waals surface area contributed by atoms with Gasteiger partial charge in [0.05, 0.1) is 24.9 Å². The highest BCUT2D eigenvalue weighted by Gasteiger charge is 2.20. The average Bonchev–Trinajstić information content (AvgIpc) is 2.43. The van der Waals surface area contributed by atoms with Crippen LogP contribution >= 0.6 is 31.9 Å². The van der Waals surface area contributed by atoms with Crippen LogP contribution in [0.3, 0.4) is 0 Å². The zero-order valence-corrected chi connectivity index (χ0v) is 13.4. The van der Waals surface area contributed by atoms with Crippen LogP contribution in [-0.4, -0.2) is 6.61 Å². The summed E-state index contributed by atoms with van der Waals surface area (Å²) in [6, 6.07) is 14.7. The fourth-order valence-electron chi connectivity index (χ4n) is 2.30. The summed E-state index contributed by atoms with van der Waals surface area (Å²) in [6.07, 6.45) is 0. The van der Waals surface area contributed by atoms with E-state index in [0.29, 0.717) is 13.2 Å². The van der Waals surface area contributed by atoms with E-state index in [-0.39, 0.29) is 6.04 Å². The lowest BCUT2D eigenvalue weighted by Crippen LogP contribution is -2.23. The maximum absolute atomic E-state index is 5.66. The van der Waals surface area contributed by atoms with Crippen LogP contribution in [0.15, 0.2) is 51.4 Å². The molecule has 0 saturated heterocycles. The van der Waals surface area contributed by atoms with Crippen molar-refractivity contribution in [3.05, 3.63) is 62.5 Å². The molecule has 2 nitrogen and oxygen atoms in total. The van der Waals surface area contributed by atoms with Gasteiger partial charge in [-0.05, 0) is 45.3 Å². The molecule has 98 valence electrons. The molecule has 0 fully saturated rings. The standard InChI is InChI=1S/C15H13Br2NO/c16-11-5-6-13(17)14(7-11)18-15-9-19-8-10-3-1-2-4-12(10)15/h1-7,15,18H,8-9H2. The van der Waals surface area contributed by atoms with E-state index < -0.39 is 0 Å². The number of anilines is 1. The number of fused-ring (bicyclic) bond motifs is 1. The number of hydrogen-bond acceptors (Lipinski definition) is 2. The molecular weight excluding hydrogens is 370 g/mol. The van der Waals surface area contributed by atoms with Gasteiger partial charge in [-0.15, -0.1) is 0 Å². The van der Waals surface area contributed by atoms with Crippen molar-refractivity contribution in [2.45, 2.75) is 12.6 Å². The summed E-state index contributed by atoms with van der Waals surface area (Å²) in [6.45, 7) is 1.39. The first-order chi connectivity index (χ1) is 9.24. The summed E-state index contributed by atoms with van der Waals surface area (Å²) >= 11 is 7.07. The summed E-state index contributed by atoms with van der Waals surface area (Å²) in [5, 5.41) is 3.54. The lowest BCUT2D eigenvalue weighted by Gasteiger charge is -2.27. The van der Waals surface area contributed by atoms with Crippen molar-refractivity contribution in [1.29, 1.82) is 0 Å². The fraction of sp³-hybridized carbons (Fsp3) is 0.200. The smallest absolute Gasteiger partial charge is 0.0751 e. The zero-order valence-electron chi connectivity index (χ0n) is 10.2. The molecule has 1 heterocycles. The summed E-state index contributed by atoms with van der Waals surface area (Å²) < 4.78 is 7.77. The third kappa shape index (κ3) is 2.86. The lowest BCUT2D eigenvalue weighted by atomic mass is 9.99. The Bertz CT molecular complexity index is 600. The number of halogens is 2. The van der Waals surface area contributed by atoms with Gasteiger partial charge in [-0.1, -0.05) is 40.2 Å². The zero-order chi connectivity index (χ0) is 13.2. The second-order valence-electron chi connectivity index (χ2n) is 4.54. The first kappa shape index (κ1) is 13.2. The Labute approximate surface area is 129 Å². The minimum Gasteiger partial charge on any atom is -0.375 e. The van der Waals surface area contributed by atoms with Gasteiger partial charge >= 0.3 is 0 Å². The van der Waals surface area contributed by atoms with Crippen LogP contribution in [0.2, 0.25) is 0 Å². The molecule has 1 aliphatic heterocycles. The monoisotopic (exact) mass is 381 g/mol. The summed E-state index contributed by atoms with van der Waals surface area (Å²) in [4.78, 5) is 0. The van der Waals surface area contributed by atoms with Crippen LogP contribution in [-0.2, 0) is 11.3 Å². The van der Waals surface area contributed by atoms with Gasteiger partial charge < -0.3 is 10.1 Å². The molecule has 1 N–H and O–H groups in total. The van der Waals surface area contributed by atoms with Crippen molar-refractivity contribution in [1.82, 2.24) is 0 Å². The molecule has 0 radical (unpaired) electrons. The molecule has 4 heteroatoms. The Kier molecular flexibility index (Phi) is 3.91. The maximum atomic E-state index is 5.66. The molecule has 2 aromatic carbocycles. The van der Waals surface area contributed by atoms with E-state index in [4.69, 9.17) is 4.74 Å². The van der Waals surface area contributed by atoms with E-state index >= 15 is 0 Å². The van der Waals surface area contributed by atoms with Gasteiger partial charge in [0, 0.05) is 8.95 Å². The second kappa shape index (κ2) is 5.65. The quantitative estimate of drug-likeness (QED) is 0.797. The third-order valence-electron chi connectivity index (χ3n) is 3.23. The minimum atomic E-state index is 0.190. The number of hydrogen-bond donors (Lipinski definition) is 1. The molecule has 0 aliphatic carbocycles. The Hall–Kier alpha value is -0.840. The van der Waals surface area contributed by atoms with E-state index in [1.54, 1.807) is 0 Å². The first-order valence-electron chi connectivity index (χ1n) is 6.11. The average molecular weight is 383 g/mol. The molecule has 1 aliphatic rings. The minimum absolute atomic E-state index is 0.190. The van der Waals surface area contributed by atoms with Gasteiger partial charge in [0.2, 0.25) is 0 Å². The molecule has 1 atom stereocenters. The molecule has 1 unspecified atom stereocenters. The molecule has 0 saturated carbocycles. The summed E-state index contributed by atoms with van der Waals surface area (Å²) in [5.74, 6) is 0. The van der Waals surface area contributed by atoms with Crippen molar-refractivity contribution in [2.24, 2.45) is 0 Å². The normalized spacial score (nSPS) is 17.9. The predicted molar refractivity (Wildman–Crippen MR) is 84.3 cm³/mol. The van der Waals surface area contributed by atoms with Crippen molar-refractivity contribution in [3.63, 3.8) is 0 Å². The van der Waals surface area contributed by atoms with E-state index in [0.717, 1.165) is 14.6 Å². The van der Waals surface area contributed by atoms with Crippen LogP contribution in [0.5, 0.6) is 0 Å². The molecule has 2 aromatic rings. The number of rotatable bonds is 2. The SMILES string of the molecule is Brc1ccc(Br)c(NC2COCc3ccccc32)c1. The van der Waals surface area contributed by atoms with Crippen molar-refractivity contribution >= 4 is 37.5 Å². The predicted octanol–water partition coefficient (Wildman–Crippen LogP) is 4.90. The Morgan fingerprint density at radius 3 is 2.84 bits per heavy atom. The lowest BCUT2D eigenvalue weighted by molar-refractivity contribution is 0.0970. The highest BCUT2D eigenvalue weighted by Crippen LogP contribution is 2.32. The molecular formula is C15H13Br2NO. The van der Waals surface area contributed by atoms with Crippen molar-refractivity contribution < 1.29 is 4.74 Å². The number of nitrogens with one attached hydrogen (secondary N) is 1. The van der Waals surface area contributed by atoms with Crippen molar-refractivity contribution in [2.75, 3.05) is 11.9 Å². The van der Waals surface area contributed by atoms with Gasteiger partial charge in [0.15, 0.2) is 0 Å². The van der Waals surface area contributed by atoms with Gasteiger partial charge in [0.1, 0.15) is 0 Å². The molecule has 0 aromatic heterocycles. The third-order valence-corrected chi connectivity index (χ3v) is 4.42. The number of benzene rings is 2. The van der Waals surface area contributed by atoms with Gasteiger partial charge in [0.25, 0.3) is 0 Å². The van der Waals surface area contributed by atoms with Gasteiger partial charge in [-0.25, -0.2) is 0 Å². The van der Waals surface area contributed by atoms with E-state index in [1.165, 1.54) is 11.1 Å². The maximum Gasteiger partial charge on any atom is 0.0751 e. The first-order valence-corrected chi connectivity index (χ1v) is 7.70. The Morgan fingerprint density at radius 2 is 1.95 bits per heavy atom. The molecule has 0 bridgehead atoms. The largest absolute Gasteiger partial charge is 0.375 e. The van der Waals surface area contributed by atoms with E-state index in [9.17, 15) is 0 Å². The summed E-state index contributed by atoms with van der Waals surface area (Å²) in [5.41, 5.74) is 3.65. The van der Waals surface area contributed by atoms with Gasteiger partial charge in [-0.3, -0.25) is 0 Å². The van der Waals surface area contributed by atoms with Crippen LogP contribution in [0, 0.1) is 0 Å². The summed E-state index contributed by atoms with van der Waals surface area (Å²) in [7, 11) is 0. The molecule has 0 amide bonds. The topological polar surface area (TPSA) is 21.3 Å². The van der Waals surface area contributed by atoms with Gasteiger partial charge in [-0.2, -0.15) is 0 Å². The Morgan fingerprint density at radius 1 is 1.11 bits per heavy atom. The number of ether oxygens (including phenoxy) is 1. The highest BCUT2D eigenvalue weighted by atomic mass is 79.9. The molecule has 3 rings (SSSR count). The fourth-order valence-corrected chi connectivity index (χ4v) is 3.02. The van der Waals surface area contributed by atoms with Crippen LogP contribution in [0.1, 0.15) is 17.2 Å². The molecule has 0 spiro atoms. The van der Waals surface area contributed by atoms with E-state index in [1.807, 2.05) is 12.1 Å². The highest BCUT2D eigenvalue weighted by molar-refractivity contribution is 9.11. The van der Waals surface area contributed by atoms with Crippen LogP contribution < -0.4 is 5.32 Å². The van der Waals surface area contributed by atoms with Crippen LogP contribution in [0.25, 0.3) is 0 Å². The van der Waals surface area contributed by atoms with Crippen molar-refractivity contribution in [3.8, 4) is 0 Å². The van der Waals surface area contributed by atoms with Crippen LogP contribution in [0.4, 0.5) is 5.69 Å². The second-order valence-corrected chi connectivity index (χ2v) is 6.31. The molecule has 19 heavy (non-hydrogen) atoms.